The van der Waals surface area contributed by atoms with E-state index in [0.717, 1.165) is 18.2 Å². The Balaban J connectivity index is 1.63. The first-order chi connectivity index (χ1) is 16.1. The molecule has 0 aliphatic heterocycles. The van der Waals surface area contributed by atoms with Crippen molar-refractivity contribution in [3.8, 4) is 5.69 Å². The van der Waals surface area contributed by atoms with Gasteiger partial charge in [-0.15, -0.1) is 0 Å². The molecule has 0 atom stereocenters. The monoisotopic (exact) mass is 482 g/mol. The number of aromatic nitrogens is 2. The van der Waals surface area contributed by atoms with Gasteiger partial charge in [-0.25, -0.2) is 13.5 Å². The van der Waals surface area contributed by atoms with E-state index in [2.05, 4.69) is 9.84 Å². The Morgan fingerprint density at radius 3 is 2.38 bits per heavy atom. The molecule has 180 valence electrons. The smallest absolute Gasteiger partial charge is 0.411 e. The summed E-state index contributed by atoms with van der Waals surface area (Å²) < 4.78 is 73.5. The molecule has 0 radical (unpaired) electrons. The van der Waals surface area contributed by atoms with Crippen molar-refractivity contribution in [3.05, 3.63) is 93.4 Å². The molecule has 2 aromatic carbocycles. The highest BCUT2D eigenvalue weighted by atomic mass is 19.4. The number of alkyl halides is 3. The summed E-state index contributed by atoms with van der Waals surface area (Å²) in [7, 11) is 0. The van der Waals surface area contributed by atoms with Crippen LogP contribution in [0.3, 0.4) is 0 Å². The van der Waals surface area contributed by atoms with E-state index in [1.807, 2.05) is 0 Å². The Hall–Kier alpha value is -3.60. The SMILES string of the molecule is O=C(Cc1cccc(Cc2nn(-c3cc(F)cc(F)c3)ccc2=O)c1)OCCOCC(F)(F)F. The third-order valence-electron chi connectivity index (χ3n) is 4.46. The van der Waals surface area contributed by atoms with Crippen molar-refractivity contribution >= 4 is 5.97 Å². The lowest BCUT2D eigenvalue weighted by atomic mass is 10.0. The molecule has 0 saturated carbocycles. The van der Waals surface area contributed by atoms with Gasteiger partial charge in [0.1, 0.15) is 30.5 Å². The fourth-order valence-corrected chi connectivity index (χ4v) is 3.05. The number of carbonyl (C=O) groups is 1. The molecule has 0 amide bonds. The molecule has 0 unspecified atom stereocenters. The predicted molar refractivity (Wildman–Crippen MR) is 111 cm³/mol. The maximum Gasteiger partial charge on any atom is 0.411 e. The van der Waals surface area contributed by atoms with E-state index in [9.17, 15) is 31.5 Å². The van der Waals surface area contributed by atoms with Crippen molar-refractivity contribution in [1.29, 1.82) is 0 Å². The van der Waals surface area contributed by atoms with Gasteiger partial charge in [-0.3, -0.25) is 9.59 Å². The molecule has 34 heavy (non-hydrogen) atoms. The fraction of sp³-hybridized carbons (Fsp3) is 0.261. The fourth-order valence-electron chi connectivity index (χ4n) is 3.05. The number of benzene rings is 2. The molecule has 3 aromatic rings. The summed E-state index contributed by atoms with van der Waals surface area (Å²) >= 11 is 0. The van der Waals surface area contributed by atoms with E-state index in [4.69, 9.17) is 4.74 Å². The molecule has 0 saturated heterocycles. The van der Waals surface area contributed by atoms with Crippen molar-refractivity contribution in [2.24, 2.45) is 0 Å². The normalized spacial score (nSPS) is 11.4. The van der Waals surface area contributed by atoms with Gasteiger partial charge in [-0.2, -0.15) is 18.3 Å². The second-order valence-corrected chi connectivity index (χ2v) is 7.26. The molecule has 1 aromatic heterocycles. The van der Waals surface area contributed by atoms with Crippen molar-refractivity contribution < 1.29 is 36.2 Å². The van der Waals surface area contributed by atoms with Gasteiger partial charge in [0.05, 0.1) is 18.7 Å². The largest absolute Gasteiger partial charge is 0.463 e. The number of nitrogens with zero attached hydrogens (tertiary/aromatic N) is 2. The molecular weight excluding hydrogens is 463 g/mol. The third kappa shape index (κ3) is 7.77. The van der Waals surface area contributed by atoms with Crippen molar-refractivity contribution in [2.75, 3.05) is 19.8 Å². The van der Waals surface area contributed by atoms with Crippen molar-refractivity contribution in [3.63, 3.8) is 0 Å². The first-order valence-electron chi connectivity index (χ1n) is 10.0. The average Bonchev–Trinajstić information content (AvgIpc) is 2.74. The van der Waals surface area contributed by atoms with Crippen LogP contribution in [0.4, 0.5) is 22.0 Å². The van der Waals surface area contributed by atoms with E-state index >= 15 is 0 Å². The van der Waals surface area contributed by atoms with E-state index in [1.54, 1.807) is 24.3 Å². The Labute approximate surface area is 190 Å². The molecule has 0 spiro atoms. The number of ether oxygens (including phenoxy) is 2. The molecule has 0 bridgehead atoms. The molecule has 0 fully saturated rings. The number of hydrogen-bond donors (Lipinski definition) is 0. The molecule has 1 heterocycles. The zero-order chi connectivity index (χ0) is 24.7. The maximum absolute atomic E-state index is 13.5. The van der Waals surface area contributed by atoms with Gasteiger partial charge in [0.15, 0.2) is 0 Å². The van der Waals surface area contributed by atoms with Crippen molar-refractivity contribution in [2.45, 2.75) is 19.0 Å². The molecular formula is C23H19F5N2O4. The summed E-state index contributed by atoms with van der Waals surface area (Å²) in [5.41, 5.74) is 1.05. The number of halogens is 5. The summed E-state index contributed by atoms with van der Waals surface area (Å²) in [5, 5.41) is 4.17. The Morgan fingerprint density at radius 1 is 0.971 bits per heavy atom. The Morgan fingerprint density at radius 2 is 1.68 bits per heavy atom. The minimum atomic E-state index is -4.45. The minimum Gasteiger partial charge on any atom is -0.463 e. The minimum absolute atomic E-state index is 0.0889. The highest BCUT2D eigenvalue weighted by molar-refractivity contribution is 5.72. The summed E-state index contributed by atoms with van der Waals surface area (Å²) in [6, 6.07) is 10.8. The van der Waals surface area contributed by atoms with Crippen LogP contribution < -0.4 is 5.43 Å². The predicted octanol–water partition coefficient (Wildman–Crippen LogP) is 3.77. The molecule has 0 N–H and O–H groups in total. The zero-order valence-electron chi connectivity index (χ0n) is 17.6. The average molecular weight is 482 g/mol. The first kappa shape index (κ1) is 25.0. The maximum atomic E-state index is 13.5. The summed E-state index contributed by atoms with van der Waals surface area (Å²) in [6.07, 6.45) is -3.20. The number of rotatable bonds is 9. The van der Waals surface area contributed by atoms with Crippen LogP contribution >= 0.6 is 0 Å². The van der Waals surface area contributed by atoms with Crippen LogP contribution in [-0.4, -0.2) is 41.7 Å². The van der Waals surface area contributed by atoms with Gasteiger partial charge >= 0.3 is 12.1 Å². The second-order valence-electron chi connectivity index (χ2n) is 7.26. The van der Waals surface area contributed by atoms with Crippen molar-refractivity contribution in [1.82, 2.24) is 9.78 Å². The Kier molecular flexibility index (Phi) is 8.11. The number of esters is 1. The summed E-state index contributed by atoms with van der Waals surface area (Å²) in [5.74, 6) is -2.23. The van der Waals surface area contributed by atoms with Gasteiger partial charge in [0.2, 0.25) is 5.43 Å². The third-order valence-corrected chi connectivity index (χ3v) is 4.46. The second kappa shape index (κ2) is 11.0. The standard InChI is InChI=1S/C23H19F5N2O4/c24-17-11-18(25)13-19(12-17)30-5-4-21(31)20(29-30)9-15-2-1-3-16(8-15)10-22(32)34-7-6-33-14-23(26,27)28/h1-5,8,11-13H,6-7,9-10,14H2. The van der Waals surface area contributed by atoms with Gasteiger partial charge < -0.3 is 9.47 Å². The van der Waals surface area contributed by atoms with Crippen LogP contribution in [0.15, 0.2) is 59.5 Å². The number of hydrogen-bond acceptors (Lipinski definition) is 5. The number of carbonyl (C=O) groups excluding carboxylic acids is 1. The van der Waals surface area contributed by atoms with Crippen LogP contribution in [0.2, 0.25) is 0 Å². The molecule has 0 aliphatic carbocycles. The topological polar surface area (TPSA) is 70.4 Å². The quantitative estimate of drug-likeness (QED) is 0.264. The van der Waals surface area contributed by atoms with Gasteiger partial charge in [0, 0.05) is 24.8 Å². The summed E-state index contributed by atoms with van der Waals surface area (Å²) in [4.78, 5) is 24.2. The van der Waals surface area contributed by atoms with E-state index in [1.165, 1.54) is 16.9 Å². The van der Waals surface area contributed by atoms with Gasteiger partial charge in [-0.05, 0) is 23.3 Å². The molecule has 3 rings (SSSR count). The van der Waals surface area contributed by atoms with Crippen LogP contribution in [-0.2, 0) is 27.1 Å². The Bertz CT molecular complexity index is 1190. The van der Waals surface area contributed by atoms with E-state index < -0.39 is 30.4 Å². The zero-order valence-corrected chi connectivity index (χ0v) is 17.6. The summed E-state index contributed by atoms with van der Waals surface area (Å²) in [6.45, 7) is -2.12. The highest BCUT2D eigenvalue weighted by Gasteiger charge is 2.27. The van der Waals surface area contributed by atoms with Gasteiger partial charge in [0.25, 0.3) is 0 Å². The van der Waals surface area contributed by atoms with Gasteiger partial charge in [-0.1, -0.05) is 24.3 Å². The lowest BCUT2D eigenvalue weighted by Gasteiger charge is -2.10. The molecule has 0 aliphatic rings. The molecule has 11 heteroatoms. The van der Waals surface area contributed by atoms with Crippen LogP contribution in [0, 0.1) is 11.6 Å². The first-order valence-corrected chi connectivity index (χ1v) is 10.0. The lowest BCUT2D eigenvalue weighted by molar-refractivity contribution is -0.177. The van der Waals surface area contributed by atoms with Crippen LogP contribution in [0.1, 0.15) is 16.8 Å². The van der Waals surface area contributed by atoms with Crippen LogP contribution in [0.5, 0.6) is 0 Å². The highest BCUT2D eigenvalue weighted by Crippen LogP contribution is 2.15. The van der Waals surface area contributed by atoms with E-state index in [0.29, 0.717) is 11.1 Å². The van der Waals surface area contributed by atoms with E-state index in [-0.39, 0.29) is 42.9 Å². The van der Waals surface area contributed by atoms with Crippen LogP contribution in [0.25, 0.3) is 5.69 Å². The lowest BCUT2D eigenvalue weighted by Crippen LogP contribution is -2.20. The molecule has 6 nitrogen and oxygen atoms in total.